The number of rotatable bonds is 5. The van der Waals surface area contributed by atoms with Gasteiger partial charge in [0.2, 0.25) is 21.8 Å². The molecule has 0 radical (unpaired) electrons. The Morgan fingerprint density at radius 3 is 2.29 bits per heavy atom. The van der Waals surface area contributed by atoms with Crippen LogP contribution in [0.5, 0.6) is 0 Å². The van der Waals surface area contributed by atoms with Crippen LogP contribution >= 0.6 is 0 Å². The lowest BCUT2D eigenvalue weighted by Crippen LogP contribution is -2.46. The molecule has 0 atom stereocenters. The van der Waals surface area contributed by atoms with Gasteiger partial charge in [-0.25, -0.2) is 8.42 Å². The van der Waals surface area contributed by atoms with Crippen molar-refractivity contribution < 1.29 is 18.0 Å². The van der Waals surface area contributed by atoms with Crippen LogP contribution in [0.1, 0.15) is 25.7 Å². The molecule has 4 rings (SSSR count). The van der Waals surface area contributed by atoms with E-state index < -0.39 is 10.0 Å². The maximum atomic E-state index is 13.1. The van der Waals surface area contributed by atoms with Gasteiger partial charge in [0.1, 0.15) is 0 Å². The predicted octanol–water partition coefficient (Wildman–Crippen LogP) is 2.32. The SMILES string of the molecule is CN(CC(=O)N1CCCC1)C(=O)C1CCN(S(=O)(=O)c2ccc3ccccc3c2)CC1. The Kier molecular flexibility index (Phi) is 6.29. The van der Waals surface area contributed by atoms with Crippen molar-refractivity contribution in [1.29, 1.82) is 0 Å². The third kappa shape index (κ3) is 4.60. The Morgan fingerprint density at radius 2 is 1.61 bits per heavy atom. The molecule has 2 aliphatic rings. The zero-order valence-corrected chi connectivity index (χ0v) is 18.7. The highest BCUT2D eigenvalue weighted by molar-refractivity contribution is 7.89. The number of carbonyl (C=O) groups is 2. The number of amides is 2. The molecule has 0 spiro atoms. The van der Waals surface area contributed by atoms with Crippen LogP contribution in [0.3, 0.4) is 0 Å². The first-order valence-electron chi connectivity index (χ1n) is 10.9. The quantitative estimate of drug-likeness (QED) is 0.711. The predicted molar refractivity (Wildman–Crippen MR) is 119 cm³/mol. The third-order valence-corrected chi connectivity index (χ3v) is 8.26. The summed E-state index contributed by atoms with van der Waals surface area (Å²) in [6, 6.07) is 12.8. The van der Waals surface area contributed by atoms with Crippen molar-refractivity contribution in [3.05, 3.63) is 42.5 Å². The molecule has 2 aliphatic heterocycles. The van der Waals surface area contributed by atoms with E-state index in [0.29, 0.717) is 25.9 Å². The summed E-state index contributed by atoms with van der Waals surface area (Å²) in [7, 11) is -1.94. The fourth-order valence-electron chi connectivity index (χ4n) is 4.48. The minimum absolute atomic E-state index is 0.00957. The molecule has 0 unspecified atom stereocenters. The third-order valence-electron chi connectivity index (χ3n) is 6.37. The summed E-state index contributed by atoms with van der Waals surface area (Å²) >= 11 is 0. The lowest BCUT2D eigenvalue weighted by molar-refractivity contribution is -0.142. The fourth-order valence-corrected chi connectivity index (χ4v) is 5.98. The second-order valence-corrected chi connectivity index (χ2v) is 10.4. The van der Waals surface area contributed by atoms with E-state index >= 15 is 0 Å². The average Bonchev–Trinajstić information content (AvgIpc) is 3.33. The van der Waals surface area contributed by atoms with Crippen LogP contribution in [0.25, 0.3) is 10.8 Å². The van der Waals surface area contributed by atoms with E-state index in [2.05, 4.69) is 0 Å². The number of likely N-dealkylation sites (N-methyl/N-ethyl adjacent to an activating group) is 1. The van der Waals surface area contributed by atoms with E-state index in [1.54, 1.807) is 19.2 Å². The van der Waals surface area contributed by atoms with Crippen molar-refractivity contribution in [2.75, 3.05) is 39.8 Å². The van der Waals surface area contributed by atoms with Crippen LogP contribution in [0.4, 0.5) is 0 Å². The van der Waals surface area contributed by atoms with Gasteiger partial charge in [-0.2, -0.15) is 4.31 Å². The number of fused-ring (bicyclic) bond motifs is 1. The van der Waals surface area contributed by atoms with Gasteiger partial charge in [-0.05, 0) is 48.6 Å². The second kappa shape index (κ2) is 8.96. The van der Waals surface area contributed by atoms with Crippen LogP contribution in [0.2, 0.25) is 0 Å². The maximum absolute atomic E-state index is 13.1. The van der Waals surface area contributed by atoms with Crippen LogP contribution in [-0.2, 0) is 19.6 Å². The smallest absolute Gasteiger partial charge is 0.243 e. The Hall–Kier alpha value is -2.45. The fraction of sp³-hybridized carbons (Fsp3) is 0.478. The molecular formula is C23H29N3O4S. The monoisotopic (exact) mass is 443 g/mol. The highest BCUT2D eigenvalue weighted by Gasteiger charge is 2.34. The molecule has 0 bridgehead atoms. The molecule has 0 N–H and O–H groups in total. The van der Waals surface area contributed by atoms with E-state index in [4.69, 9.17) is 0 Å². The Bertz CT molecular complexity index is 1070. The topological polar surface area (TPSA) is 78.0 Å². The first-order valence-corrected chi connectivity index (χ1v) is 12.3. The average molecular weight is 444 g/mol. The molecule has 2 aromatic carbocycles. The lowest BCUT2D eigenvalue weighted by atomic mass is 9.96. The lowest BCUT2D eigenvalue weighted by Gasteiger charge is -2.32. The molecule has 8 heteroatoms. The maximum Gasteiger partial charge on any atom is 0.243 e. The number of benzene rings is 2. The van der Waals surface area contributed by atoms with Crippen molar-refractivity contribution in [3.8, 4) is 0 Å². The molecule has 31 heavy (non-hydrogen) atoms. The van der Waals surface area contributed by atoms with Gasteiger partial charge in [-0.3, -0.25) is 9.59 Å². The summed E-state index contributed by atoms with van der Waals surface area (Å²) in [5.41, 5.74) is 0. The van der Waals surface area contributed by atoms with Crippen molar-refractivity contribution in [2.24, 2.45) is 5.92 Å². The van der Waals surface area contributed by atoms with Crippen molar-refractivity contribution >= 4 is 32.6 Å². The van der Waals surface area contributed by atoms with Crippen LogP contribution in [0.15, 0.2) is 47.4 Å². The molecule has 0 saturated carbocycles. The normalized spacial score (nSPS) is 18.4. The van der Waals surface area contributed by atoms with E-state index in [1.807, 2.05) is 35.2 Å². The van der Waals surface area contributed by atoms with Gasteiger partial charge < -0.3 is 9.80 Å². The first kappa shape index (κ1) is 21.8. The minimum Gasteiger partial charge on any atom is -0.341 e. The summed E-state index contributed by atoms with van der Waals surface area (Å²) < 4.78 is 27.7. The van der Waals surface area contributed by atoms with E-state index in [1.165, 1.54) is 9.21 Å². The minimum atomic E-state index is -3.61. The van der Waals surface area contributed by atoms with Gasteiger partial charge in [0.05, 0.1) is 11.4 Å². The van der Waals surface area contributed by atoms with Gasteiger partial charge >= 0.3 is 0 Å². The molecule has 2 aromatic rings. The molecule has 7 nitrogen and oxygen atoms in total. The Labute approximate surface area is 183 Å². The summed E-state index contributed by atoms with van der Waals surface area (Å²) in [6.45, 7) is 2.24. The number of likely N-dealkylation sites (tertiary alicyclic amines) is 1. The van der Waals surface area contributed by atoms with Gasteiger partial charge in [0.15, 0.2) is 0 Å². The van der Waals surface area contributed by atoms with Gasteiger partial charge in [-0.1, -0.05) is 30.3 Å². The molecular weight excluding hydrogens is 414 g/mol. The van der Waals surface area contributed by atoms with Crippen LogP contribution in [0, 0.1) is 5.92 Å². The molecule has 2 fully saturated rings. The molecule has 2 amide bonds. The van der Waals surface area contributed by atoms with Gasteiger partial charge in [0, 0.05) is 39.1 Å². The molecule has 0 aliphatic carbocycles. The summed E-state index contributed by atoms with van der Waals surface area (Å²) in [6.07, 6.45) is 2.98. The van der Waals surface area contributed by atoms with E-state index in [0.717, 1.165) is 36.7 Å². The van der Waals surface area contributed by atoms with Crippen LogP contribution in [-0.4, -0.2) is 74.1 Å². The largest absolute Gasteiger partial charge is 0.341 e. The Morgan fingerprint density at radius 1 is 0.968 bits per heavy atom. The molecule has 166 valence electrons. The van der Waals surface area contributed by atoms with Gasteiger partial charge in [0.25, 0.3) is 0 Å². The molecule has 0 aromatic heterocycles. The number of hydrogen-bond donors (Lipinski definition) is 0. The van der Waals surface area contributed by atoms with E-state index in [9.17, 15) is 18.0 Å². The van der Waals surface area contributed by atoms with Gasteiger partial charge in [-0.15, -0.1) is 0 Å². The molecule has 2 saturated heterocycles. The number of nitrogens with zero attached hydrogens (tertiary/aromatic N) is 3. The van der Waals surface area contributed by atoms with Crippen molar-refractivity contribution in [2.45, 2.75) is 30.6 Å². The number of piperidine rings is 1. The number of sulfonamides is 1. The number of hydrogen-bond acceptors (Lipinski definition) is 4. The standard InChI is InChI=1S/C23H29N3O4S/c1-24(17-22(27)25-12-4-5-13-25)23(28)19-10-14-26(15-11-19)31(29,30)21-9-8-18-6-2-3-7-20(18)16-21/h2-3,6-9,16,19H,4-5,10-15,17H2,1H3. The zero-order valence-electron chi connectivity index (χ0n) is 17.9. The molecule has 2 heterocycles. The summed E-state index contributed by atoms with van der Waals surface area (Å²) in [5.74, 6) is -0.334. The second-order valence-electron chi connectivity index (χ2n) is 8.47. The summed E-state index contributed by atoms with van der Waals surface area (Å²) in [5, 5.41) is 1.88. The highest BCUT2D eigenvalue weighted by Crippen LogP contribution is 2.27. The van der Waals surface area contributed by atoms with Crippen LogP contribution < -0.4 is 0 Å². The van der Waals surface area contributed by atoms with Crippen molar-refractivity contribution in [1.82, 2.24) is 14.1 Å². The van der Waals surface area contributed by atoms with Crippen molar-refractivity contribution in [3.63, 3.8) is 0 Å². The Balaban J connectivity index is 1.36. The summed E-state index contributed by atoms with van der Waals surface area (Å²) in [4.78, 5) is 28.7. The zero-order chi connectivity index (χ0) is 22.0. The highest BCUT2D eigenvalue weighted by atomic mass is 32.2. The first-order chi connectivity index (χ1) is 14.9. The van der Waals surface area contributed by atoms with E-state index in [-0.39, 0.29) is 29.2 Å². The number of carbonyl (C=O) groups excluding carboxylic acids is 2.